The molecule has 0 radical (unpaired) electrons. The highest BCUT2D eigenvalue weighted by Gasteiger charge is 2.15. The van der Waals surface area contributed by atoms with Crippen LogP contribution in [-0.2, 0) is 26.2 Å². The molecular weight excluding hydrogens is 414 g/mol. The van der Waals surface area contributed by atoms with Gasteiger partial charge < -0.3 is 9.26 Å². The molecule has 0 aliphatic rings. The van der Waals surface area contributed by atoms with E-state index in [1.807, 2.05) is 17.5 Å². The molecule has 0 amide bonds. The summed E-state index contributed by atoms with van der Waals surface area (Å²) in [5.74, 6) is -0.00931. The fourth-order valence-corrected chi connectivity index (χ4v) is 3.83. The first-order valence-corrected chi connectivity index (χ1v) is 10.5. The second-order valence-electron chi connectivity index (χ2n) is 5.25. The van der Waals surface area contributed by atoms with E-state index in [0.717, 1.165) is 4.88 Å². The highest BCUT2D eigenvalue weighted by molar-refractivity contribution is 7.89. The fourth-order valence-electron chi connectivity index (χ4n) is 2.02. The van der Waals surface area contributed by atoms with Crippen molar-refractivity contribution in [3.8, 4) is 10.7 Å². The lowest BCUT2D eigenvalue weighted by atomic mass is 10.4. The number of esters is 1. The summed E-state index contributed by atoms with van der Waals surface area (Å²) in [6, 6.07) is 9.41. The van der Waals surface area contributed by atoms with Crippen molar-refractivity contribution >= 4 is 38.9 Å². The number of ether oxygens (including phenoxy) is 1. The Bertz CT molecular complexity index is 1000. The minimum Gasteiger partial charge on any atom is -0.456 e. The highest BCUT2D eigenvalue weighted by atomic mass is 35.5. The smallest absolute Gasteiger partial charge is 0.307 e. The van der Waals surface area contributed by atoms with Gasteiger partial charge in [0, 0.05) is 11.6 Å². The molecule has 0 aliphatic carbocycles. The molecule has 0 bridgehead atoms. The van der Waals surface area contributed by atoms with Crippen LogP contribution in [0, 0.1) is 0 Å². The van der Waals surface area contributed by atoms with Gasteiger partial charge >= 0.3 is 5.97 Å². The minimum absolute atomic E-state index is 0.0623. The molecule has 0 fully saturated rings. The number of aromatic nitrogens is 2. The van der Waals surface area contributed by atoms with Crippen LogP contribution in [0.4, 0.5) is 0 Å². The normalized spacial score (nSPS) is 11.4. The van der Waals surface area contributed by atoms with Gasteiger partial charge in [0.05, 0.1) is 16.2 Å². The molecule has 11 heteroatoms. The van der Waals surface area contributed by atoms with Crippen LogP contribution in [0.5, 0.6) is 0 Å². The number of thiophene rings is 1. The third-order valence-corrected chi connectivity index (χ3v) is 5.91. The van der Waals surface area contributed by atoms with Gasteiger partial charge in [0.25, 0.3) is 5.89 Å². The molecule has 0 aliphatic heterocycles. The number of hydrogen-bond donors (Lipinski definition) is 1. The van der Waals surface area contributed by atoms with Crippen LogP contribution < -0.4 is 4.72 Å². The monoisotopic (exact) mass is 427 g/mol. The third-order valence-electron chi connectivity index (χ3n) is 3.31. The molecule has 8 nitrogen and oxygen atoms in total. The van der Waals surface area contributed by atoms with Crippen molar-refractivity contribution in [2.45, 2.75) is 17.9 Å². The average Bonchev–Trinajstić information content (AvgIpc) is 3.32. The second kappa shape index (κ2) is 8.61. The summed E-state index contributed by atoms with van der Waals surface area (Å²) in [6.45, 7) is -0.283. The summed E-state index contributed by atoms with van der Waals surface area (Å²) >= 11 is 7.19. The molecule has 142 valence electrons. The Morgan fingerprint density at radius 3 is 2.74 bits per heavy atom. The van der Waals surface area contributed by atoms with Crippen LogP contribution in [0.25, 0.3) is 10.7 Å². The Balaban J connectivity index is 1.44. The Morgan fingerprint density at radius 2 is 2.04 bits per heavy atom. The van der Waals surface area contributed by atoms with Crippen LogP contribution in [0.2, 0.25) is 5.02 Å². The highest BCUT2D eigenvalue weighted by Crippen LogP contribution is 2.21. The lowest BCUT2D eigenvalue weighted by Crippen LogP contribution is -2.26. The topological polar surface area (TPSA) is 111 Å². The van der Waals surface area contributed by atoms with E-state index in [1.165, 1.54) is 35.6 Å². The molecule has 3 aromatic rings. The first-order valence-electron chi connectivity index (χ1n) is 7.71. The largest absolute Gasteiger partial charge is 0.456 e. The van der Waals surface area contributed by atoms with E-state index in [-0.39, 0.29) is 30.4 Å². The first-order chi connectivity index (χ1) is 12.9. The Morgan fingerprint density at radius 1 is 1.26 bits per heavy atom. The molecule has 1 N–H and O–H groups in total. The zero-order valence-electron chi connectivity index (χ0n) is 13.8. The number of benzene rings is 1. The number of nitrogens with zero attached hydrogens (tertiary/aromatic N) is 2. The standard InChI is InChI=1S/C16H14ClN3O5S2/c17-11-3-5-12(6-4-11)27(22,23)18-8-7-15(21)24-10-14-19-16(20-25-14)13-2-1-9-26-13/h1-6,9,18H,7-8,10H2. The third kappa shape index (κ3) is 5.36. The molecule has 1 aromatic carbocycles. The molecule has 2 heterocycles. The lowest BCUT2D eigenvalue weighted by molar-refractivity contribution is -0.145. The SMILES string of the molecule is O=C(CCNS(=O)(=O)c1ccc(Cl)cc1)OCc1nc(-c2cccs2)no1. The van der Waals surface area contributed by atoms with Crippen molar-refractivity contribution in [2.24, 2.45) is 0 Å². The Labute approximate surface area is 164 Å². The molecule has 3 rings (SSSR count). The maximum absolute atomic E-state index is 12.1. The average molecular weight is 428 g/mol. The van der Waals surface area contributed by atoms with Crippen molar-refractivity contribution in [1.82, 2.24) is 14.9 Å². The number of rotatable bonds is 8. The zero-order valence-corrected chi connectivity index (χ0v) is 16.2. The summed E-state index contributed by atoms with van der Waals surface area (Å²) < 4.78 is 36.5. The Hall–Kier alpha value is -2.27. The summed E-state index contributed by atoms with van der Waals surface area (Å²) in [4.78, 5) is 16.8. The van der Waals surface area contributed by atoms with Gasteiger partial charge in [-0.05, 0) is 35.7 Å². The summed E-state index contributed by atoms with van der Waals surface area (Å²) in [5, 5.41) is 6.12. The van der Waals surface area contributed by atoms with Gasteiger partial charge in [-0.3, -0.25) is 4.79 Å². The number of sulfonamides is 1. The lowest BCUT2D eigenvalue weighted by Gasteiger charge is -2.06. The minimum atomic E-state index is -3.72. The summed E-state index contributed by atoms with van der Waals surface area (Å²) in [6.07, 6.45) is -0.140. The van der Waals surface area contributed by atoms with Crippen LogP contribution in [0.1, 0.15) is 12.3 Å². The fraction of sp³-hybridized carbons (Fsp3) is 0.188. The van der Waals surface area contributed by atoms with Gasteiger partial charge in [0.1, 0.15) is 0 Å². The molecule has 27 heavy (non-hydrogen) atoms. The van der Waals surface area contributed by atoms with E-state index in [1.54, 1.807) is 0 Å². The quantitative estimate of drug-likeness (QED) is 0.550. The van der Waals surface area contributed by atoms with Crippen LogP contribution in [0.15, 0.2) is 51.2 Å². The number of carbonyl (C=O) groups is 1. The van der Waals surface area contributed by atoms with Gasteiger partial charge in [-0.15, -0.1) is 11.3 Å². The predicted octanol–water partition coefficient (Wildman–Crippen LogP) is 2.86. The first kappa shape index (κ1) is 19.5. The van der Waals surface area contributed by atoms with E-state index in [4.69, 9.17) is 20.9 Å². The van der Waals surface area contributed by atoms with Crippen LogP contribution >= 0.6 is 22.9 Å². The Kier molecular flexibility index (Phi) is 6.22. The number of hydrogen-bond acceptors (Lipinski definition) is 8. The van der Waals surface area contributed by atoms with Crippen molar-refractivity contribution in [2.75, 3.05) is 6.54 Å². The molecule has 2 aromatic heterocycles. The van der Waals surface area contributed by atoms with E-state index in [2.05, 4.69) is 14.9 Å². The van der Waals surface area contributed by atoms with Gasteiger partial charge in [-0.1, -0.05) is 22.8 Å². The molecular formula is C16H14ClN3O5S2. The van der Waals surface area contributed by atoms with Gasteiger partial charge in [-0.25, -0.2) is 13.1 Å². The van der Waals surface area contributed by atoms with E-state index >= 15 is 0 Å². The van der Waals surface area contributed by atoms with Gasteiger partial charge in [-0.2, -0.15) is 4.98 Å². The molecule has 0 saturated carbocycles. The van der Waals surface area contributed by atoms with E-state index in [9.17, 15) is 13.2 Å². The molecule has 0 atom stereocenters. The van der Waals surface area contributed by atoms with Crippen molar-refractivity contribution < 1.29 is 22.5 Å². The van der Waals surface area contributed by atoms with Crippen molar-refractivity contribution in [1.29, 1.82) is 0 Å². The van der Waals surface area contributed by atoms with Crippen molar-refractivity contribution in [3.63, 3.8) is 0 Å². The number of carbonyl (C=O) groups excluding carboxylic acids is 1. The zero-order chi connectivity index (χ0) is 19.3. The maximum Gasteiger partial charge on any atom is 0.307 e. The molecule has 0 saturated heterocycles. The van der Waals surface area contributed by atoms with Crippen LogP contribution in [0.3, 0.4) is 0 Å². The van der Waals surface area contributed by atoms with Gasteiger partial charge in [0.15, 0.2) is 6.61 Å². The van der Waals surface area contributed by atoms with E-state index in [0.29, 0.717) is 10.8 Å². The number of nitrogens with one attached hydrogen (secondary N) is 1. The van der Waals surface area contributed by atoms with Crippen molar-refractivity contribution in [3.05, 3.63) is 52.7 Å². The van der Waals surface area contributed by atoms with Gasteiger partial charge in [0.2, 0.25) is 15.8 Å². The number of halogens is 1. The summed E-state index contributed by atoms with van der Waals surface area (Å²) in [7, 11) is -3.72. The molecule has 0 spiro atoms. The summed E-state index contributed by atoms with van der Waals surface area (Å²) in [5.41, 5.74) is 0. The maximum atomic E-state index is 12.1. The van der Waals surface area contributed by atoms with Crippen LogP contribution in [-0.4, -0.2) is 31.1 Å². The molecule has 0 unspecified atom stereocenters. The second-order valence-corrected chi connectivity index (χ2v) is 8.40. The van der Waals surface area contributed by atoms with E-state index < -0.39 is 16.0 Å². The predicted molar refractivity (Wildman–Crippen MR) is 98.7 cm³/mol.